The number of hydrogen-bond acceptors (Lipinski definition) is 4. The van der Waals surface area contributed by atoms with Gasteiger partial charge in [-0.2, -0.15) is 5.10 Å². The fourth-order valence-corrected chi connectivity index (χ4v) is 4.47. The number of hydrogen-bond donors (Lipinski definition) is 1. The van der Waals surface area contributed by atoms with E-state index in [-0.39, 0.29) is 5.75 Å². The number of thiophene rings is 1. The summed E-state index contributed by atoms with van der Waals surface area (Å²) in [7, 11) is 1.34. The molecule has 0 saturated carbocycles. The first-order valence-corrected chi connectivity index (χ1v) is 10.6. The standard InChI is InChI=1S/C23H19ClF2N2O2S/c1-23(2,29)21-12-18(28(27-21)17-7-5-4-6-15(17)24)20-9-8-19(31-20)14-10-13(25)11-16(26)22(14)30-3/h4-12,29H,1-3H3. The summed E-state index contributed by atoms with van der Waals surface area (Å²) in [6, 6.07) is 14.7. The SMILES string of the molecule is COc1c(F)cc(F)cc1-c1ccc(-c2cc(C(C)(C)O)nn2-c2ccccc2Cl)s1. The highest BCUT2D eigenvalue weighted by atomic mass is 35.5. The molecule has 2 heterocycles. The van der Waals surface area contributed by atoms with Crippen LogP contribution in [0.2, 0.25) is 5.02 Å². The van der Waals surface area contributed by atoms with E-state index in [2.05, 4.69) is 5.10 Å². The molecular weight excluding hydrogens is 442 g/mol. The van der Waals surface area contributed by atoms with Crippen LogP contribution in [0.3, 0.4) is 0 Å². The van der Waals surface area contributed by atoms with E-state index in [9.17, 15) is 13.9 Å². The average molecular weight is 461 g/mol. The van der Waals surface area contributed by atoms with Crippen LogP contribution in [0.5, 0.6) is 5.75 Å². The Balaban J connectivity index is 1.88. The number of nitrogens with zero attached hydrogens (tertiary/aromatic N) is 2. The fraction of sp³-hybridized carbons (Fsp3) is 0.174. The van der Waals surface area contributed by atoms with Crippen LogP contribution in [-0.2, 0) is 5.60 Å². The van der Waals surface area contributed by atoms with Crippen LogP contribution in [0.25, 0.3) is 26.7 Å². The number of rotatable bonds is 5. The summed E-state index contributed by atoms with van der Waals surface area (Å²) in [6.07, 6.45) is 0. The van der Waals surface area contributed by atoms with Crippen LogP contribution in [0, 0.1) is 11.6 Å². The summed E-state index contributed by atoms with van der Waals surface area (Å²) in [5.41, 5.74) is 0.960. The molecule has 0 amide bonds. The van der Waals surface area contributed by atoms with Gasteiger partial charge in [0.2, 0.25) is 0 Å². The van der Waals surface area contributed by atoms with Gasteiger partial charge in [0.1, 0.15) is 11.4 Å². The molecule has 0 radical (unpaired) electrons. The molecule has 0 aliphatic rings. The minimum absolute atomic E-state index is 0.0217. The molecule has 0 spiro atoms. The van der Waals surface area contributed by atoms with Crippen molar-refractivity contribution >= 4 is 22.9 Å². The lowest BCUT2D eigenvalue weighted by Crippen LogP contribution is -2.16. The number of para-hydroxylation sites is 1. The molecule has 0 atom stereocenters. The van der Waals surface area contributed by atoms with E-state index in [1.807, 2.05) is 24.3 Å². The molecule has 160 valence electrons. The zero-order valence-corrected chi connectivity index (χ0v) is 18.6. The Labute approximate surface area is 187 Å². The average Bonchev–Trinajstić information content (AvgIpc) is 3.35. The Morgan fingerprint density at radius 1 is 1.06 bits per heavy atom. The number of ether oxygens (including phenoxy) is 1. The first-order valence-electron chi connectivity index (χ1n) is 9.40. The molecule has 4 aromatic rings. The van der Waals surface area contributed by atoms with Gasteiger partial charge in [-0.05, 0) is 50.2 Å². The molecule has 0 aliphatic carbocycles. The second kappa shape index (κ2) is 8.07. The van der Waals surface area contributed by atoms with Gasteiger partial charge in [0.15, 0.2) is 11.6 Å². The summed E-state index contributed by atoms with van der Waals surface area (Å²) in [6.45, 7) is 3.30. The van der Waals surface area contributed by atoms with Crippen LogP contribution < -0.4 is 4.74 Å². The summed E-state index contributed by atoms with van der Waals surface area (Å²) < 4.78 is 34.9. The van der Waals surface area contributed by atoms with E-state index in [0.717, 1.165) is 10.9 Å². The summed E-state index contributed by atoms with van der Waals surface area (Å²) in [5, 5.41) is 15.6. The predicted molar refractivity (Wildman–Crippen MR) is 119 cm³/mol. The maximum absolute atomic E-state index is 14.2. The van der Waals surface area contributed by atoms with Crippen molar-refractivity contribution in [1.82, 2.24) is 9.78 Å². The summed E-state index contributed by atoms with van der Waals surface area (Å²) >= 11 is 7.72. The minimum atomic E-state index is -1.17. The number of aromatic nitrogens is 2. The highest BCUT2D eigenvalue weighted by Gasteiger charge is 2.25. The molecule has 0 saturated heterocycles. The van der Waals surface area contributed by atoms with Gasteiger partial charge in [0, 0.05) is 16.5 Å². The molecule has 0 bridgehead atoms. The lowest BCUT2D eigenvalue weighted by molar-refractivity contribution is 0.0734. The van der Waals surface area contributed by atoms with Gasteiger partial charge in [-0.1, -0.05) is 23.7 Å². The van der Waals surface area contributed by atoms with E-state index in [0.29, 0.717) is 32.5 Å². The van der Waals surface area contributed by atoms with Gasteiger partial charge in [0.05, 0.1) is 34.1 Å². The predicted octanol–water partition coefficient (Wildman–Crippen LogP) is 6.44. The van der Waals surface area contributed by atoms with Gasteiger partial charge in [-0.3, -0.25) is 0 Å². The Morgan fingerprint density at radius 3 is 2.45 bits per heavy atom. The number of halogens is 3. The van der Waals surface area contributed by atoms with Crippen molar-refractivity contribution in [2.24, 2.45) is 0 Å². The zero-order chi connectivity index (χ0) is 22.3. The van der Waals surface area contributed by atoms with E-state index in [4.69, 9.17) is 16.3 Å². The molecule has 31 heavy (non-hydrogen) atoms. The smallest absolute Gasteiger partial charge is 0.168 e. The molecule has 2 aromatic heterocycles. The van der Waals surface area contributed by atoms with Gasteiger partial charge < -0.3 is 9.84 Å². The molecule has 4 nitrogen and oxygen atoms in total. The molecule has 4 rings (SSSR count). The molecule has 1 N–H and O–H groups in total. The van der Waals surface area contributed by atoms with Crippen molar-refractivity contribution in [3.05, 3.63) is 76.9 Å². The highest BCUT2D eigenvalue weighted by Crippen LogP contribution is 2.41. The van der Waals surface area contributed by atoms with Crippen LogP contribution in [-0.4, -0.2) is 22.0 Å². The van der Waals surface area contributed by atoms with Gasteiger partial charge in [0.25, 0.3) is 0 Å². The first-order chi connectivity index (χ1) is 14.7. The van der Waals surface area contributed by atoms with Gasteiger partial charge in [-0.15, -0.1) is 11.3 Å². The van der Waals surface area contributed by atoms with Crippen LogP contribution >= 0.6 is 22.9 Å². The Kier molecular flexibility index (Phi) is 5.60. The van der Waals surface area contributed by atoms with E-state index in [1.165, 1.54) is 24.5 Å². The first kappa shape index (κ1) is 21.5. The van der Waals surface area contributed by atoms with Crippen LogP contribution in [0.1, 0.15) is 19.5 Å². The van der Waals surface area contributed by atoms with E-state index < -0.39 is 17.2 Å². The van der Waals surface area contributed by atoms with Crippen LogP contribution in [0.15, 0.2) is 54.6 Å². The Morgan fingerprint density at radius 2 is 1.77 bits per heavy atom. The lowest BCUT2D eigenvalue weighted by atomic mass is 10.1. The number of methoxy groups -OCH3 is 1. The maximum Gasteiger partial charge on any atom is 0.168 e. The molecule has 2 aromatic carbocycles. The van der Waals surface area contributed by atoms with Crippen molar-refractivity contribution in [1.29, 1.82) is 0 Å². The minimum Gasteiger partial charge on any atom is -0.493 e. The quantitative estimate of drug-likeness (QED) is 0.373. The third kappa shape index (κ3) is 4.08. The number of aliphatic hydroxyl groups is 1. The van der Waals surface area contributed by atoms with Crippen molar-refractivity contribution < 1.29 is 18.6 Å². The molecule has 0 aliphatic heterocycles. The fourth-order valence-electron chi connectivity index (χ4n) is 3.23. The van der Waals surface area contributed by atoms with Gasteiger partial charge in [-0.25, -0.2) is 13.5 Å². The van der Waals surface area contributed by atoms with Crippen molar-refractivity contribution in [3.8, 4) is 32.4 Å². The second-order valence-corrected chi connectivity index (χ2v) is 8.96. The molecule has 0 fully saturated rings. The normalized spacial score (nSPS) is 11.7. The molecule has 0 unspecified atom stereocenters. The summed E-state index contributed by atoms with van der Waals surface area (Å²) in [4.78, 5) is 1.41. The maximum atomic E-state index is 14.2. The third-order valence-corrected chi connectivity index (χ3v) is 6.21. The van der Waals surface area contributed by atoms with Crippen LogP contribution in [0.4, 0.5) is 8.78 Å². The zero-order valence-electron chi connectivity index (χ0n) is 17.0. The van der Waals surface area contributed by atoms with E-state index >= 15 is 0 Å². The third-order valence-electron chi connectivity index (χ3n) is 4.75. The van der Waals surface area contributed by atoms with Crippen molar-refractivity contribution in [2.75, 3.05) is 7.11 Å². The number of benzene rings is 2. The highest BCUT2D eigenvalue weighted by molar-refractivity contribution is 7.18. The molecule has 8 heteroatoms. The Hall–Kier alpha value is -2.74. The monoisotopic (exact) mass is 460 g/mol. The molecular formula is C23H19ClF2N2O2S. The topological polar surface area (TPSA) is 47.3 Å². The van der Waals surface area contributed by atoms with Gasteiger partial charge >= 0.3 is 0 Å². The Bertz CT molecular complexity index is 1260. The van der Waals surface area contributed by atoms with Crippen molar-refractivity contribution in [2.45, 2.75) is 19.4 Å². The second-order valence-electron chi connectivity index (χ2n) is 7.47. The largest absolute Gasteiger partial charge is 0.493 e. The van der Waals surface area contributed by atoms with Crippen molar-refractivity contribution in [3.63, 3.8) is 0 Å². The van der Waals surface area contributed by atoms with E-state index in [1.54, 1.807) is 36.7 Å². The lowest BCUT2D eigenvalue weighted by Gasteiger charge is -2.13. The summed E-state index contributed by atoms with van der Waals surface area (Å²) in [5.74, 6) is -1.47.